The van der Waals surface area contributed by atoms with Crippen molar-refractivity contribution in [3.63, 3.8) is 0 Å². The average molecular weight is 277 g/mol. The van der Waals surface area contributed by atoms with E-state index < -0.39 is 43.0 Å². The highest BCUT2D eigenvalue weighted by Crippen LogP contribution is 2.26. The second kappa shape index (κ2) is 7.16. The largest absolute Gasteiger partial charge is 0.394 e. The van der Waals surface area contributed by atoms with Crippen molar-refractivity contribution in [3.8, 4) is 0 Å². The van der Waals surface area contributed by atoms with Gasteiger partial charge in [-0.05, 0) is 6.42 Å². The van der Waals surface area contributed by atoms with Gasteiger partial charge in [0.05, 0.1) is 18.6 Å². The Balaban J connectivity index is 2.72. The minimum absolute atomic E-state index is 0.300. The van der Waals surface area contributed by atoms with Crippen LogP contribution in [0.3, 0.4) is 0 Å². The molecule has 0 bridgehead atoms. The Morgan fingerprint density at radius 1 is 1.26 bits per heavy atom. The van der Waals surface area contributed by atoms with E-state index in [2.05, 4.69) is 5.32 Å². The number of nitrogens with one attached hydrogen (secondary N) is 1. The van der Waals surface area contributed by atoms with Crippen molar-refractivity contribution in [3.05, 3.63) is 0 Å². The molecular weight excluding hydrogens is 254 g/mol. The number of hydrogen-bond donors (Lipinski definition) is 5. The SMILES string of the molecule is CCCNC(=O)C(C)C1O[C@H](CO)[C@@H](O)[C@H](O)[C@H]1O. The van der Waals surface area contributed by atoms with Crippen LogP contribution in [0.5, 0.6) is 0 Å². The lowest BCUT2D eigenvalue weighted by molar-refractivity contribution is -0.238. The number of carbonyl (C=O) groups is 1. The molecule has 0 radical (unpaired) electrons. The number of amides is 1. The second-order valence-electron chi connectivity index (χ2n) is 4.87. The lowest BCUT2D eigenvalue weighted by Crippen LogP contribution is -2.61. The Morgan fingerprint density at radius 3 is 2.42 bits per heavy atom. The van der Waals surface area contributed by atoms with Gasteiger partial charge in [-0.3, -0.25) is 4.79 Å². The van der Waals surface area contributed by atoms with Crippen molar-refractivity contribution < 1.29 is 30.0 Å². The van der Waals surface area contributed by atoms with Gasteiger partial charge >= 0.3 is 0 Å². The van der Waals surface area contributed by atoms with Gasteiger partial charge in [0.25, 0.3) is 0 Å². The Morgan fingerprint density at radius 2 is 1.89 bits per heavy atom. The molecule has 1 saturated heterocycles. The first-order chi connectivity index (χ1) is 8.93. The van der Waals surface area contributed by atoms with Gasteiger partial charge in [-0.15, -0.1) is 0 Å². The summed E-state index contributed by atoms with van der Waals surface area (Å²) in [5, 5.41) is 40.9. The lowest BCUT2D eigenvalue weighted by Gasteiger charge is -2.41. The minimum Gasteiger partial charge on any atom is -0.394 e. The molecule has 1 heterocycles. The normalized spacial score (nSPS) is 36.8. The maximum Gasteiger partial charge on any atom is 0.225 e. The van der Waals surface area contributed by atoms with E-state index in [9.17, 15) is 20.1 Å². The average Bonchev–Trinajstić information content (AvgIpc) is 2.42. The number of aliphatic hydroxyl groups is 4. The number of rotatable bonds is 5. The maximum atomic E-state index is 11.8. The van der Waals surface area contributed by atoms with Crippen LogP contribution in [0.2, 0.25) is 0 Å². The van der Waals surface area contributed by atoms with E-state index in [1.807, 2.05) is 6.92 Å². The first-order valence-electron chi connectivity index (χ1n) is 6.52. The highest BCUT2D eigenvalue weighted by molar-refractivity contribution is 5.78. The first kappa shape index (κ1) is 16.3. The summed E-state index contributed by atoms with van der Waals surface area (Å²) in [4.78, 5) is 11.8. The predicted octanol–water partition coefficient (Wildman–Crippen LogP) is -2.01. The summed E-state index contributed by atoms with van der Waals surface area (Å²) < 4.78 is 5.32. The van der Waals surface area contributed by atoms with Crippen LogP contribution < -0.4 is 5.32 Å². The zero-order valence-corrected chi connectivity index (χ0v) is 11.2. The zero-order chi connectivity index (χ0) is 14.6. The van der Waals surface area contributed by atoms with E-state index in [-0.39, 0.29) is 5.91 Å². The van der Waals surface area contributed by atoms with Crippen LogP contribution in [-0.2, 0) is 9.53 Å². The Hall–Kier alpha value is -0.730. The molecule has 112 valence electrons. The molecule has 1 fully saturated rings. The zero-order valence-electron chi connectivity index (χ0n) is 11.2. The van der Waals surface area contributed by atoms with E-state index in [0.717, 1.165) is 6.42 Å². The predicted molar refractivity (Wildman–Crippen MR) is 66.2 cm³/mol. The molecule has 1 rings (SSSR count). The number of carbonyl (C=O) groups excluding carboxylic acids is 1. The van der Waals surface area contributed by atoms with Crippen molar-refractivity contribution in [2.45, 2.75) is 50.8 Å². The van der Waals surface area contributed by atoms with Crippen LogP contribution in [-0.4, -0.2) is 70.0 Å². The molecule has 1 amide bonds. The van der Waals surface area contributed by atoms with Crippen molar-refractivity contribution in [1.82, 2.24) is 5.32 Å². The van der Waals surface area contributed by atoms with E-state index >= 15 is 0 Å². The highest BCUT2D eigenvalue weighted by Gasteiger charge is 2.46. The summed E-state index contributed by atoms with van der Waals surface area (Å²) in [6, 6.07) is 0. The van der Waals surface area contributed by atoms with Gasteiger partial charge in [-0.2, -0.15) is 0 Å². The molecule has 0 aromatic carbocycles. The molecule has 1 aliphatic heterocycles. The van der Waals surface area contributed by atoms with Crippen LogP contribution >= 0.6 is 0 Å². The topological polar surface area (TPSA) is 119 Å². The molecule has 19 heavy (non-hydrogen) atoms. The van der Waals surface area contributed by atoms with Crippen LogP contribution in [0.25, 0.3) is 0 Å². The monoisotopic (exact) mass is 277 g/mol. The third-order valence-corrected chi connectivity index (χ3v) is 3.38. The molecule has 7 nitrogen and oxygen atoms in total. The van der Waals surface area contributed by atoms with Gasteiger partial charge in [0.1, 0.15) is 24.4 Å². The van der Waals surface area contributed by atoms with Crippen LogP contribution in [0, 0.1) is 5.92 Å². The molecule has 7 heteroatoms. The molecule has 0 aromatic rings. The second-order valence-corrected chi connectivity index (χ2v) is 4.87. The van der Waals surface area contributed by atoms with E-state index in [4.69, 9.17) is 9.84 Å². The maximum absolute atomic E-state index is 11.8. The standard InChI is InChI=1S/C12H23NO6/c1-3-4-13-12(18)6(2)11-10(17)9(16)8(15)7(5-14)19-11/h6-11,14-17H,3-5H2,1-2H3,(H,13,18)/t6?,7-,8-,9+,10-,11?/m1/s1. The lowest BCUT2D eigenvalue weighted by atomic mass is 9.88. The van der Waals surface area contributed by atoms with Gasteiger partial charge in [-0.1, -0.05) is 13.8 Å². The molecule has 0 aromatic heterocycles. The molecular formula is C12H23NO6. The van der Waals surface area contributed by atoms with Gasteiger partial charge in [0.2, 0.25) is 5.91 Å². The van der Waals surface area contributed by atoms with E-state index in [0.29, 0.717) is 6.54 Å². The van der Waals surface area contributed by atoms with Gasteiger partial charge < -0.3 is 30.5 Å². The van der Waals surface area contributed by atoms with E-state index in [1.54, 1.807) is 6.92 Å². The number of hydrogen-bond acceptors (Lipinski definition) is 6. The molecule has 0 saturated carbocycles. The van der Waals surface area contributed by atoms with Crippen molar-refractivity contribution >= 4 is 5.91 Å². The first-order valence-corrected chi connectivity index (χ1v) is 6.52. The molecule has 1 aliphatic rings. The number of aliphatic hydroxyl groups excluding tert-OH is 4. The Bertz CT molecular complexity index is 298. The third kappa shape index (κ3) is 3.64. The van der Waals surface area contributed by atoms with Crippen molar-refractivity contribution in [2.24, 2.45) is 5.92 Å². The fourth-order valence-electron chi connectivity index (χ4n) is 2.10. The molecule has 0 aliphatic carbocycles. The summed E-state index contributed by atoms with van der Waals surface area (Å²) in [7, 11) is 0. The molecule has 6 atom stereocenters. The third-order valence-electron chi connectivity index (χ3n) is 3.38. The summed E-state index contributed by atoms with van der Waals surface area (Å²) in [6.45, 7) is 3.50. The van der Waals surface area contributed by atoms with Gasteiger partial charge in [0, 0.05) is 6.54 Å². The summed E-state index contributed by atoms with van der Waals surface area (Å²) in [5.41, 5.74) is 0. The van der Waals surface area contributed by atoms with Crippen LogP contribution in [0.4, 0.5) is 0 Å². The van der Waals surface area contributed by atoms with Crippen molar-refractivity contribution in [2.75, 3.05) is 13.2 Å². The Kier molecular flexibility index (Phi) is 6.15. The molecule has 0 spiro atoms. The molecule has 5 N–H and O–H groups in total. The quantitative estimate of drug-likeness (QED) is 0.396. The fraction of sp³-hybridized carbons (Fsp3) is 0.917. The summed E-state index contributed by atoms with van der Waals surface area (Å²) in [5.74, 6) is -0.996. The van der Waals surface area contributed by atoms with E-state index in [1.165, 1.54) is 0 Å². The van der Waals surface area contributed by atoms with Crippen molar-refractivity contribution in [1.29, 1.82) is 0 Å². The minimum atomic E-state index is -1.45. The Labute approximate surface area is 112 Å². The van der Waals surface area contributed by atoms with Crippen LogP contribution in [0.15, 0.2) is 0 Å². The fourth-order valence-corrected chi connectivity index (χ4v) is 2.10. The summed E-state index contributed by atoms with van der Waals surface area (Å²) >= 11 is 0. The smallest absolute Gasteiger partial charge is 0.225 e. The van der Waals surface area contributed by atoms with Gasteiger partial charge in [0.15, 0.2) is 0 Å². The highest BCUT2D eigenvalue weighted by atomic mass is 16.5. The van der Waals surface area contributed by atoms with Gasteiger partial charge in [-0.25, -0.2) is 0 Å². The number of ether oxygens (including phenoxy) is 1. The molecule has 2 unspecified atom stereocenters. The van der Waals surface area contributed by atoms with Crippen LogP contribution in [0.1, 0.15) is 20.3 Å². The summed E-state index contributed by atoms with van der Waals surface area (Å²) in [6.07, 6.45) is -5.38.